The molecule has 1 fully saturated rings. The van der Waals surface area contributed by atoms with E-state index in [-0.39, 0.29) is 23.7 Å². The van der Waals surface area contributed by atoms with Gasteiger partial charge in [-0.15, -0.1) is 0 Å². The number of amides is 1. The van der Waals surface area contributed by atoms with E-state index in [1.165, 1.54) is 0 Å². The number of likely N-dealkylation sites (tertiary alicyclic amines) is 1. The van der Waals surface area contributed by atoms with Gasteiger partial charge in [0, 0.05) is 12.5 Å². The molecule has 1 aliphatic heterocycles. The molecule has 0 aliphatic carbocycles. The molecule has 2 atom stereocenters. The van der Waals surface area contributed by atoms with E-state index in [2.05, 4.69) is 0 Å². The second kappa shape index (κ2) is 6.18. The molecule has 0 saturated carbocycles. The summed E-state index contributed by atoms with van der Waals surface area (Å²) in [5, 5.41) is 10.2. The van der Waals surface area contributed by atoms with Gasteiger partial charge in [0.1, 0.15) is 0 Å². The monoisotopic (exact) mass is 275 g/mol. The number of ketones is 1. The SMILES string of the molecule is CC(C)C(=O)[C@@H]1CCCN1C(=O)[C@H](O)c1ccccc1. The molecule has 1 aromatic rings. The number of hydrogen-bond acceptors (Lipinski definition) is 3. The smallest absolute Gasteiger partial charge is 0.256 e. The molecular weight excluding hydrogens is 254 g/mol. The maximum atomic E-state index is 12.4. The third-order valence-corrected chi connectivity index (χ3v) is 3.78. The van der Waals surface area contributed by atoms with Crippen LogP contribution in [0.25, 0.3) is 0 Å². The summed E-state index contributed by atoms with van der Waals surface area (Å²) in [6.07, 6.45) is 0.331. The van der Waals surface area contributed by atoms with Crippen LogP contribution in [0.5, 0.6) is 0 Å². The van der Waals surface area contributed by atoms with Gasteiger partial charge in [-0.1, -0.05) is 44.2 Å². The summed E-state index contributed by atoms with van der Waals surface area (Å²) < 4.78 is 0. The van der Waals surface area contributed by atoms with Crippen molar-refractivity contribution in [3.8, 4) is 0 Å². The lowest BCUT2D eigenvalue weighted by atomic mass is 9.99. The second-order valence-electron chi connectivity index (χ2n) is 5.56. The highest BCUT2D eigenvalue weighted by atomic mass is 16.3. The van der Waals surface area contributed by atoms with E-state index >= 15 is 0 Å². The summed E-state index contributed by atoms with van der Waals surface area (Å²) in [6, 6.07) is 8.47. The molecule has 1 aromatic carbocycles. The lowest BCUT2D eigenvalue weighted by molar-refractivity contribution is -0.145. The van der Waals surface area contributed by atoms with Crippen LogP contribution in [0.2, 0.25) is 0 Å². The van der Waals surface area contributed by atoms with Crippen molar-refractivity contribution in [2.24, 2.45) is 5.92 Å². The van der Waals surface area contributed by atoms with E-state index in [4.69, 9.17) is 0 Å². The first-order valence-electron chi connectivity index (χ1n) is 7.09. The van der Waals surface area contributed by atoms with Gasteiger partial charge in [0.25, 0.3) is 5.91 Å². The van der Waals surface area contributed by atoms with Gasteiger partial charge in [0.15, 0.2) is 11.9 Å². The summed E-state index contributed by atoms with van der Waals surface area (Å²) in [5.74, 6) is -0.383. The molecule has 1 heterocycles. The molecule has 0 unspecified atom stereocenters. The van der Waals surface area contributed by atoms with Crippen molar-refractivity contribution in [2.75, 3.05) is 6.54 Å². The zero-order chi connectivity index (χ0) is 14.7. The minimum Gasteiger partial charge on any atom is -0.378 e. The fourth-order valence-electron chi connectivity index (χ4n) is 2.65. The van der Waals surface area contributed by atoms with Gasteiger partial charge in [-0.05, 0) is 18.4 Å². The fraction of sp³-hybridized carbons (Fsp3) is 0.500. The molecule has 20 heavy (non-hydrogen) atoms. The minimum atomic E-state index is -1.18. The van der Waals surface area contributed by atoms with Crippen LogP contribution >= 0.6 is 0 Å². The van der Waals surface area contributed by atoms with Crippen LogP contribution in [0, 0.1) is 5.92 Å². The molecule has 4 nitrogen and oxygen atoms in total. The molecule has 0 radical (unpaired) electrons. The van der Waals surface area contributed by atoms with E-state index < -0.39 is 6.10 Å². The largest absolute Gasteiger partial charge is 0.378 e. The molecule has 0 aromatic heterocycles. The van der Waals surface area contributed by atoms with Crippen molar-refractivity contribution < 1.29 is 14.7 Å². The van der Waals surface area contributed by atoms with Crippen molar-refractivity contribution in [3.05, 3.63) is 35.9 Å². The molecule has 1 saturated heterocycles. The van der Waals surface area contributed by atoms with E-state index in [1.807, 2.05) is 19.9 Å². The fourth-order valence-corrected chi connectivity index (χ4v) is 2.65. The number of benzene rings is 1. The number of rotatable bonds is 4. The lowest BCUT2D eigenvalue weighted by Gasteiger charge is -2.27. The van der Waals surface area contributed by atoms with Crippen molar-refractivity contribution in [1.82, 2.24) is 4.90 Å². The molecule has 0 bridgehead atoms. The zero-order valence-electron chi connectivity index (χ0n) is 12.0. The maximum Gasteiger partial charge on any atom is 0.256 e. The van der Waals surface area contributed by atoms with Crippen LogP contribution < -0.4 is 0 Å². The third kappa shape index (κ3) is 2.90. The Morgan fingerprint density at radius 1 is 1.25 bits per heavy atom. The van der Waals surface area contributed by atoms with Gasteiger partial charge >= 0.3 is 0 Å². The van der Waals surface area contributed by atoms with Crippen molar-refractivity contribution in [1.29, 1.82) is 0 Å². The van der Waals surface area contributed by atoms with Crippen molar-refractivity contribution in [2.45, 2.75) is 38.8 Å². The Balaban J connectivity index is 2.14. The lowest BCUT2D eigenvalue weighted by Crippen LogP contribution is -2.44. The molecule has 4 heteroatoms. The highest BCUT2D eigenvalue weighted by Crippen LogP contribution is 2.25. The number of Topliss-reactive ketones (excluding diaryl/α,β-unsaturated/α-hetero) is 1. The highest BCUT2D eigenvalue weighted by Gasteiger charge is 2.37. The van der Waals surface area contributed by atoms with Crippen LogP contribution in [-0.4, -0.2) is 34.3 Å². The van der Waals surface area contributed by atoms with E-state index in [0.717, 1.165) is 6.42 Å². The van der Waals surface area contributed by atoms with Gasteiger partial charge < -0.3 is 10.0 Å². The van der Waals surface area contributed by atoms with Crippen molar-refractivity contribution in [3.63, 3.8) is 0 Å². The standard InChI is InChI=1S/C16H21NO3/c1-11(2)14(18)13-9-6-10-17(13)16(20)15(19)12-7-4-3-5-8-12/h3-5,7-8,11,13,15,19H,6,9-10H2,1-2H3/t13-,15+/m0/s1. The first-order chi connectivity index (χ1) is 9.52. The molecule has 108 valence electrons. The predicted octanol–water partition coefficient (Wildman–Crippen LogP) is 1.94. The van der Waals surface area contributed by atoms with Crippen LogP contribution in [0.1, 0.15) is 38.4 Å². The number of hydrogen-bond donors (Lipinski definition) is 1. The molecule has 1 N–H and O–H groups in total. The van der Waals surface area contributed by atoms with Gasteiger partial charge in [-0.25, -0.2) is 0 Å². The average Bonchev–Trinajstić information content (AvgIpc) is 2.94. The summed E-state index contributed by atoms with van der Waals surface area (Å²) >= 11 is 0. The quantitative estimate of drug-likeness (QED) is 0.913. The third-order valence-electron chi connectivity index (χ3n) is 3.78. The summed E-state index contributed by atoms with van der Waals surface area (Å²) in [7, 11) is 0. The van der Waals surface area contributed by atoms with Gasteiger partial charge in [-0.2, -0.15) is 0 Å². The predicted molar refractivity (Wildman–Crippen MR) is 76.0 cm³/mol. The number of aliphatic hydroxyl groups is 1. The Labute approximate surface area is 119 Å². The molecular formula is C16H21NO3. The van der Waals surface area contributed by atoms with E-state index in [9.17, 15) is 14.7 Å². The van der Waals surface area contributed by atoms with Crippen molar-refractivity contribution >= 4 is 11.7 Å². The van der Waals surface area contributed by atoms with E-state index in [0.29, 0.717) is 18.5 Å². The molecule has 1 aliphatic rings. The average molecular weight is 275 g/mol. The van der Waals surface area contributed by atoms with Gasteiger partial charge in [-0.3, -0.25) is 9.59 Å². The Kier molecular flexibility index (Phi) is 4.55. The first-order valence-corrected chi connectivity index (χ1v) is 7.09. The van der Waals surface area contributed by atoms with Crippen LogP contribution in [0.15, 0.2) is 30.3 Å². The Morgan fingerprint density at radius 3 is 2.50 bits per heavy atom. The van der Waals surface area contributed by atoms with Crippen LogP contribution in [0.3, 0.4) is 0 Å². The topological polar surface area (TPSA) is 57.6 Å². The Bertz CT molecular complexity index is 484. The molecule has 2 rings (SSSR count). The maximum absolute atomic E-state index is 12.4. The molecule has 0 spiro atoms. The number of carbonyl (C=O) groups is 2. The minimum absolute atomic E-state index is 0.0797. The van der Waals surface area contributed by atoms with Crippen LogP contribution in [-0.2, 0) is 9.59 Å². The first kappa shape index (κ1) is 14.7. The highest BCUT2D eigenvalue weighted by molar-refractivity contribution is 5.92. The Hall–Kier alpha value is -1.68. The molecule has 1 amide bonds. The van der Waals surface area contributed by atoms with Gasteiger partial charge in [0.2, 0.25) is 0 Å². The number of carbonyl (C=O) groups excluding carboxylic acids is 2. The number of nitrogens with zero attached hydrogens (tertiary/aromatic N) is 1. The van der Waals surface area contributed by atoms with Gasteiger partial charge in [0.05, 0.1) is 6.04 Å². The summed E-state index contributed by atoms with van der Waals surface area (Å²) in [6.45, 7) is 4.24. The summed E-state index contributed by atoms with van der Waals surface area (Å²) in [4.78, 5) is 26.1. The second-order valence-corrected chi connectivity index (χ2v) is 5.56. The zero-order valence-corrected chi connectivity index (χ0v) is 12.0. The summed E-state index contributed by atoms with van der Waals surface area (Å²) in [5.41, 5.74) is 0.570. The normalized spacial score (nSPS) is 20.2. The Morgan fingerprint density at radius 2 is 1.90 bits per heavy atom. The van der Waals surface area contributed by atoms with E-state index in [1.54, 1.807) is 29.2 Å². The van der Waals surface area contributed by atoms with Crippen LogP contribution in [0.4, 0.5) is 0 Å². The number of aliphatic hydroxyl groups excluding tert-OH is 1.